The third-order valence-corrected chi connectivity index (χ3v) is 4.22. The van der Waals surface area contributed by atoms with E-state index in [9.17, 15) is 9.59 Å². The van der Waals surface area contributed by atoms with Gasteiger partial charge in [-0.25, -0.2) is 0 Å². The first-order chi connectivity index (χ1) is 11.7. The number of amides is 2. The van der Waals surface area contributed by atoms with E-state index in [0.717, 1.165) is 25.7 Å². The van der Waals surface area contributed by atoms with E-state index in [1.165, 1.54) is 0 Å². The highest BCUT2D eigenvalue weighted by molar-refractivity contribution is 5.94. The number of nitrogens with one attached hydrogen (secondary N) is 2. The Kier molecular flexibility index (Phi) is 5.15. The number of nitrogens with zero attached hydrogens (tertiary/aromatic N) is 2. The minimum atomic E-state index is -0.140. The molecule has 2 aromatic heterocycles. The van der Waals surface area contributed by atoms with Crippen LogP contribution < -0.4 is 10.6 Å². The Morgan fingerprint density at radius 2 is 1.58 bits per heavy atom. The van der Waals surface area contributed by atoms with Gasteiger partial charge in [-0.15, -0.1) is 0 Å². The summed E-state index contributed by atoms with van der Waals surface area (Å²) in [6.45, 7) is 0. The molecule has 1 aliphatic rings. The fourth-order valence-corrected chi connectivity index (χ4v) is 2.90. The summed E-state index contributed by atoms with van der Waals surface area (Å²) < 4.78 is 0. The van der Waals surface area contributed by atoms with Crippen molar-refractivity contribution in [2.24, 2.45) is 0 Å². The number of carbonyl (C=O) groups excluding carboxylic acids is 2. The molecule has 124 valence electrons. The molecule has 24 heavy (non-hydrogen) atoms. The maximum absolute atomic E-state index is 12.1. The van der Waals surface area contributed by atoms with Crippen molar-refractivity contribution in [1.82, 2.24) is 20.6 Å². The van der Waals surface area contributed by atoms with Crippen molar-refractivity contribution in [3.8, 4) is 0 Å². The SMILES string of the molecule is O=C(NC1CCC(NC(=O)c2ccccn2)CC1)c1cccnc1. The van der Waals surface area contributed by atoms with Crippen LogP contribution in [-0.2, 0) is 0 Å². The van der Waals surface area contributed by atoms with Crippen LogP contribution in [0.3, 0.4) is 0 Å². The molecule has 2 heterocycles. The lowest BCUT2D eigenvalue weighted by Crippen LogP contribution is -2.44. The highest BCUT2D eigenvalue weighted by Crippen LogP contribution is 2.19. The van der Waals surface area contributed by atoms with Gasteiger partial charge in [-0.3, -0.25) is 19.6 Å². The quantitative estimate of drug-likeness (QED) is 0.900. The van der Waals surface area contributed by atoms with Gasteiger partial charge >= 0.3 is 0 Å². The van der Waals surface area contributed by atoms with Crippen LogP contribution in [0, 0.1) is 0 Å². The molecule has 0 bridgehead atoms. The third kappa shape index (κ3) is 4.16. The lowest BCUT2D eigenvalue weighted by molar-refractivity contribution is 0.0889. The molecule has 0 saturated heterocycles. The van der Waals surface area contributed by atoms with Crippen molar-refractivity contribution in [3.63, 3.8) is 0 Å². The van der Waals surface area contributed by atoms with Crippen LogP contribution in [0.15, 0.2) is 48.9 Å². The average molecular weight is 324 g/mol. The Hall–Kier alpha value is -2.76. The summed E-state index contributed by atoms with van der Waals surface area (Å²) >= 11 is 0. The van der Waals surface area contributed by atoms with E-state index in [-0.39, 0.29) is 23.9 Å². The standard InChI is InChI=1S/C18H20N4O2/c23-17(13-4-3-10-19-12-13)21-14-6-8-15(9-7-14)22-18(24)16-5-1-2-11-20-16/h1-5,10-12,14-15H,6-9H2,(H,21,23)(H,22,24). The summed E-state index contributed by atoms with van der Waals surface area (Å²) in [7, 11) is 0. The molecule has 0 aliphatic heterocycles. The van der Waals surface area contributed by atoms with Crippen LogP contribution in [-0.4, -0.2) is 33.9 Å². The minimum absolute atomic E-state index is 0.0935. The van der Waals surface area contributed by atoms with Gasteiger partial charge in [0, 0.05) is 30.7 Å². The second-order valence-electron chi connectivity index (χ2n) is 5.95. The van der Waals surface area contributed by atoms with E-state index in [1.807, 2.05) is 0 Å². The largest absolute Gasteiger partial charge is 0.349 e. The van der Waals surface area contributed by atoms with Gasteiger partial charge in [-0.05, 0) is 49.9 Å². The summed E-state index contributed by atoms with van der Waals surface area (Å²) in [6.07, 6.45) is 8.20. The van der Waals surface area contributed by atoms with Gasteiger partial charge in [-0.2, -0.15) is 0 Å². The van der Waals surface area contributed by atoms with Crippen LogP contribution in [0.1, 0.15) is 46.5 Å². The van der Waals surface area contributed by atoms with Gasteiger partial charge in [-0.1, -0.05) is 6.07 Å². The summed E-state index contributed by atoms with van der Waals surface area (Å²) in [4.78, 5) is 32.3. The van der Waals surface area contributed by atoms with Crippen molar-refractivity contribution in [2.75, 3.05) is 0 Å². The van der Waals surface area contributed by atoms with Crippen molar-refractivity contribution in [3.05, 3.63) is 60.2 Å². The zero-order valence-corrected chi connectivity index (χ0v) is 13.3. The number of rotatable bonds is 4. The molecule has 2 aromatic rings. The van der Waals surface area contributed by atoms with Gasteiger partial charge in [0.1, 0.15) is 5.69 Å². The van der Waals surface area contributed by atoms with Gasteiger partial charge in [0.2, 0.25) is 0 Å². The fourth-order valence-electron chi connectivity index (χ4n) is 2.90. The monoisotopic (exact) mass is 324 g/mol. The number of pyridine rings is 2. The predicted octanol–water partition coefficient (Wildman–Crippen LogP) is 1.95. The first kappa shape index (κ1) is 16.1. The van der Waals surface area contributed by atoms with E-state index >= 15 is 0 Å². The van der Waals surface area contributed by atoms with Gasteiger partial charge in [0.25, 0.3) is 11.8 Å². The van der Waals surface area contributed by atoms with Gasteiger partial charge < -0.3 is 10.6 Å². The molecule has 1 aliphatic carbocycles. The van der Waals surface area contributed by atoms with Gasteiger partial charge in [0.15, 0.2) is 0 Å². The summed E-state index contributed by atoms with van der Waals surface area (Å²) in [5.74, 6) is -0.234. The number of hydrogen-bond acceptors (Lipinski definition) is 4. The smallest absolute Gasteiger partial charge is 0.270 e. The lowest BCUT2D eigenvalue weighted by Gasteiger charge is -2.29. The Morgan fingerprint density at radius 3 is 2.17 bits per heavy atom. The second kappa shape index (κ2) is 7.68. The van der Waals surface area contributed by atoms with Crippen molar-refractivity contribution < 1.29 is 9.59 Å². The van der Waals surface area contributed by atoms with Crippen LogP contribution in [0.5, 0.6) is 0 Å². The van der Waals surface area contributed by atoms with E-state index in [4.69, 9.17) is 0 Å². The maximum atomic E-state index is 12.1. The molecule has 0 atom stereocenters. The first-order valence-electron chi connectivity index (χ1n) is 8.15. The van der Waals surface area contributed by atoms with E-state index in [1.54, 1.807) is 48.9 Å². The van der Waals surface area contributed by atoms with Crippen LogP contribution >= 0.6 is 0 Å². The van der Waals surface area contributed by atoms with Crippen LogP contribution in [0.4, 0.5) is 0 Å². The summed E-state index contributed by atoms with van der Waals surface area (Å²) in [6, 6.07) is 9.06. The molecule has 0 radical (unpaired) electrons. The Labute approximate surface area is 140 Å². The molecule has 1 fully saturated rings. The van der Waals surface area contributed by atoms with Crippen LogP contribution in [0.2, 0.25) is 0 Å². The molecule has 2 N–H and O–H groups in total. The topological polar surface area (TPSA) is 84.0 Å². The fraction of sp³-hybridized carbons (Fsp3) is 0.333. The molecule has 6 heteroatoms. The molecule has 2 amide bonds. The zero-order chi connectivity index (χ0) is 16.8. The highest BCUT2D eigenvalue weighted by Gasteiger charge is 2.24. The van der Waals surface area contributed by atoms with Crippen LogP contribution in [0.25, 0.3) is 0 Å². The Morgan fingerprint density at radius 1 is 0.875 bits per heavy atom. The lowest BCUT2D eigenvalue weighted by atomic mass is 9.91. The normalized spacial score (nSPS) is 20.2. The zero-order valence-electron chi connectivity index (χ0n) is 13.3. The Bertz CT molecular complexity index is 621. The Balaban J connectivity index is 1.46. The molecule has 3 rings (SSSR count). The summed E-state index contributed by atoms with van der Waals surface area (Å²) in [5, 5.41) is 6.05. The van der Waals surface area contributed by atoms with E-state index in [2.05, 4.69) is 20.6 Å². The molecule has 0 spiro atoms. The van der Waals surface area contributed by atoms with Crippen molar-refractivity contribution in [1.29, 1.82) is 0 Å². The molecular formula is C18H20N4O2. The van der Waals surface area contributed by atoms with E-state index in [0.29, 0.717) is 11.3 Å². The van der Waals surface area contributed by atoms with Gasteiger partial charge in [0.05, 0.1) is 5.56 Å². The molecule has 0 aromatic carbocycles. The van der Waals surface area contributed by atoms with E-state index < -0.39 is 0 Å². The highest BCUT2D eigenvalue weighted by atomic mass is 16.2. The molecule has 6 nitrogen and oxygen atoms in total. The number of carbonyl (C=O) groups is 2. The molecular weight excluding hydrogens is 304 g/mol. The minimum Gasteiger partial charge on any atom is -0.349 e. The maximum Gasteiger partial charge on any atom is 0.270 e. The van der Waals surface area contributed by atoms with Crippen molar-refractivity contribution >= 4 is 11.8 Å². The number of aromatic nitrogens is 2. The number of hydrogen-bond donors (Lipinski definition) is 2. The summed E-state index contributed by atoms with van der Waals surface area (Å²) in [5.41, 5.74) is 1.01. The third-order valence-electron chi connectivity index (χ3n) is 4.22. The second-order valence-corrected chi connectivity index (χ2v) is 5.95. The van der Waals surface area contributed by atoms with Crippen molar-refractivity contribution in [2.45, 2.75) is 37.8 Å². The molecule has 1 saturated carbocycles. The predicted molar refractivity (Wildman–Crippen MR) is 89.5 cm³/mol. The first-order valence-corrected chi connectivity index (χ1v) is 8.15. The molecule has 0 unspecified atom stereocenters. The average Bonchev–Trinajstić information content (AvgIpc) is 2.65.